The fourth-order valence-corrected chi connectivity index (χ4v) is 20.1. The summed E-state index contributed by atoms with van der Waals surface area (Å²) in [4.78, 5) is 15.8. The second-order valence-electron chi connectivity index (χ2n) is 38.6. The maximum Gasteiger partial charge on any atom is 0.265 e. The Morgan fingerprint density at radius 1 is 0.439 bits per heavy atom. The number of likely N-dealkylation sites (tertiary alicyclic amines) is 4. The van der Waals surface area contributed by atoms with E-state index >= 15 is 17.6 Å². The zero-order valence-corrected chi connectivity index (χ0v) is 77.2. The summed E-state index contributed by atoms with van der Waals surface area (Å²) in [6.07, 6.45) is 1.81. The van der Waals surface area contributed by atoms with Crippen LogP contribution in [0.4, 0.5) is 52.7 Å². The maximum atomic E-state index is 15.2. The lowest BCUT2D eigenvalue weighted by Gasteiger charge is -2.49. The SMILES string of the molecule is CC(F)(F)CN1CCc2cc(O)ccc2[C@@H]1c1c(F)cc(OCCN2CC(CF)C2)cc1F.CCC1CN(CCOc2ccc([C@@]3(C(F)F)c4ccc(O)cc4CCN3CC(C)(C)F)cc2)C1.CCC1CN(CCOc2ccc([C@]3(C)c4ccc(O)cc4CCN3CC(C)(F)CO)cc2)C1.C[C@@H]1Cc2cc(O)ccc2[C@@H](c2ccc(OCCN3CC(CF)C3)cc2)N1CC(C)(F)F. The molecular weight excluding hydrogens is 1720 g/mol. The van der Waals surface area contributed by atoms with Crippen molar-refractivity contribution in [3.63, 3.8) is 0 Å². The van der Waals surface area contributed by atoms with Gasteiger partial charge in [0.2, 0.25) is 0 Å². The van der Waals surface area contributed by atoms with Gasteiger partial charge in [-0.1, -0.05) is 87.4 Å². The number of rotatable bonds is 34. The minimum absolute atomic E-state index is 0.00502. The number of aliphatic hydroxyl groups is 1. The molecule has 8 aromatic rings. The lowest BCUT2D eigenvalue weighted by molar-refractivity contribution is -0.0581. The van der Waals surface area contributed by atoms with Gasteiger partial charge in [-0.25, -0.2) is 43.9 Å². The summed E-state index contributed by atoms with van der Waals surface area (Å²) in [7, 11) is 0. The number of halogens is 12. The van der Waals surface area contributed by atoms with Gasteiger partial charge in [0.05, 0.1) is 50.7 Å². The molecule has 4 saturated heterocycles. The van der Waals surface area contributed by atoms with E-state index in [1.807, 2.05) is 71.3 Å². The molecule has 8 aliphatic heterocycles. The number of phenols is 4. The van der Waals surface area contributed by atoms with Gasteiger partial charge in [0, 0.05) is 161 Å². The molecule has 0 bridgehead atoms. The first kappa shape index (κ1) is 100. The molecule has 0 saturated carbocycles. The third-order valence-corrected chi connectivity index (χ3v) is 27.2. The molecular formula is C103H130F12N8O9. The van der Waals surface area contributed by atoms with E-state index in [9.17, 15) is 60.7 Å². The van der Waals surface area contributed by atoms with Crippen LogP contribution in [0.3, 0.4) is 0 Å². The molecule has 8 heterocycles. The van der Waals surface area contributed by atoms with Crippen LogP contribution in [0.2, 0.25) is 0 Å². The van der Waals surface area contributed by atoms with E-state index < -0.39 is 71.5 Å². The molecule has 5 N–H and O–H groups in total. The Hall–Kier alpha value is -9.04. The molecule has 29 heteroatoms. The summed E-state index contributed by atoms with van der Waals surface area (Å²) in [5, 5.41) is 49.2. The standard InChI is InChI=1S/C27H35F3N2O2.C27H37FN2O3.C25H31F3N2O2.C24H27F5N2O2/c1-4-19-16-31(17-19)13-14-34-23-8-5-21(6-9-23)27(25(28)29)24-10-7-22(33)15-20(24)11-12-32(27)18-26(2,3)30;1-4-20-16-29(17-20)13-14-33-24-8-5-22(6-9-24)27(3)25-10-7-23(32)15-21(25)11-12-30(27)18-26(2,28)19-31;1-17-11-20-12-21(31)5-8-23(20)24(30(17)16-25(2,27)28)19-3-6-22(7-4-19)32-10-9-29-14-18(13-26)15-29;1-24(28,29)14-31-5-4-16-8-17(32)2-3-19(16)23(31)22-20(26)9-18(10-21(22)27)33-7-6-30-12-15(11-25)13-30/h5-10,15,19,25,33H,4,11-14,16-18H2,1-3H3;5-10,15,20,31-32H,4,11-14,16-19H2,1-3H3;3-8,12,17-18,24,31H,9-11,13-16H2,1-2H3;2-3,8-10,15,23,32H,4-7,11-14H2,1H3/t27-;26?,27-;17-,24-;23-/m0111/s1. The maximum absolute atomic E-state index is 15.2. The second kappa shape index (κ2) is 43.3. The summed E-state index contributed by atoms with van der Waals surface area (Å²) < 4.78 is 194. The molecule has 0 amide bonds. The average molecular weight is 1850 g/mol. The molecule has 132 heavy (non-hydrogen) atoms. The number of fused-ring (bicyclic) bond motifs is 4. The van der Waals surface area contributed by atoms with Crippen molar-refractivity contribution in [3.8, 4) is 46.0 Å². The number of nitrogens with zero attached hydrogens (tertiary/aromatic N) is 8. The Balaban J connectivity index is 0.000000150. The average Bonchev–Trinajstić information content (AvgIpc) is 0.718. The first-order valence-electron chi connectivity index (χ1n) is 46.4. The largest absolute Gasteiger partial charge is 0.508 e. The van der Waals surface area contributed by atoms with Crippen LogP contribution >= 0.6 is 0 Å². The Kier molecular flexibility index (Phi) is 33.0. The quantitative estimate of drug-likeness (QED) is 0.0242. The predicted molar refractivity (Wildman–Crippen MR) is 488 cm³/mol. The van der Waals surface area contributed by atoms with Crippen LogP contribution in [0.15, 0.2) is 158 Å². The van der Waals surface area contributed by atoms with Crippen molar-refractivity contribution in [2.24, 2.45) is 23.7 Å². The molecule has 0 aromatic heterocycles. The molecule has 1 unspecified atom stereocenters. The Morgan fingerprint density at radius 3 is 1.29 bits per heavy atom. The number of aromatic hydroxyl groups is 4. The molecule has 0 aliphatic carbocycles. The fraction of sp³-hybridized carbons (Fsp3) is 0.534. The van der Waals surface area contributed by atoms with Crippen LogP contribution in [0.1, 0.15) is 154 Å². The summed E-state index contributed by atoms with van der Waals surface area (Å²) in [5.41, 5.74) is 2.52. The van der Waals surface area contributed by atoms with Crippen LogP contribution in [0.5, 0.6) is 46.0 Å². The van der Waals surface area contributed by atoms with Crippen LogP contribution < -0.4 is 18.9 Å². The molecule has 720 valence electrons. The van der Waals surface area contributed by atoms with E-state index in [-0.39, 0.29) is 111 Å². The van der Waals surface area contributed by atoms with Gasteiger partial charge in [-0.05, 0) is 218 Å². The summed E-state index contributed by atoms with van der Waals surface area (Å²) in [5.74, 6) is -3.17. The molecule has 4 fully saturated rings. The van der Waals surface area contributed by atoms with Gasteiger partial charge in [0.1, 0.15) is 101 Å². The third kappa shape index (κ3) is 24.8. The highest BCUT2D eigenvalue weighted by molar-refractivity contribution is 5.53. The molecule has 17 nitrogen and oxygen atoms in total. The number of alkyl halides is 10. The number of aliphatic hydroxyl groups excluding tert-OH is 1. The van der Waals surface area contributed by atoms with Gasteiger partial charge in [0.15, 0.2) is 0 Å². The van der Waals surface area contributed by atoms with Crippen LogP contribution in [-0.4, -0.2) is 271 Å². The zero-order chi connectivity index (χ0) is 94.8. The first-order chi connectivity index (χ1) is 62.7. The number of phenolic OH excluding ortho intramolecular Hbond substituents is 4. The van der Waals surface area contributed by atoms with Crippen molar-refractivity contribution in [2.75, 3.05) is 171 Å². The molecule has 8 aliphatic rings. The van der Waals surface area contributed by atoms with Gasteiger partial charge in [-0.3, -0.25) is 48.0 Å². The van der Waals surface area contributed by atoms with E-state index in [0.717, 1.165) is 135 Å². The lowest BCUT2D eigenvalue weighted by Crippen LogP contribution is -2.58. The molecule has 0 spiro atoms. The number of ether oxygens (including phenoxy) is 4. The van der Waals surface area contributed by atoms with Crippen molar-refractivity contribution >= 4 is 0 Å². The molecule has 8 aromatic carbocycles. The van der Waals surface area contributed by atoms with Crippen LogP contribution in [-0.2, 0) is 36.8 Å². The highest BCUT2D eigenvalue weighted by atomic mass is 19.3. The number of benzene rings is 8. The third-order valence-electron chi connectivity index (χ3n) is 27.2. The normalized spacial score (nSPS) is 21.9. The van der Waals surface area contributed by atoms with Gasteiger partial charge < -0.3 is 44.5 Å². The minimum atomic E-state index is -3.05. The lowest BCUT2D eigenvalue weighted by atomic mass is 9.75. The summed E-state index contributed by atoms with van der Waals surface area (Å²) >= 11 is 0. The zero-order valence-electron chi connectivity index (χ0n) is 77.2. The minimum Gasteiger partial charge on any atom is -0.508 e. The van der Waals surface area contributed by atoms with Crippen molar-refractivity contribution in [1.29, 1.82) is 0 Å². The highest BCUT2D eigenvalue weighted by Crippen LogP contribution is 2.50. The van der Waals surface area contributed by atoms with E-state index in [0.29, 0.717) is 98.8 Å². The highest BCUT2D eigenvalue weighted by Gasteiger charge is 2.53. The van der Waals surface area contributed by atoms with Crippen molar-refractivity contribution in [3.05, 3.63) is 236 Å². The van der Waals surface area contributed by atoms with E-state index in [1.165, 1.54) is 75.9 Å². The number of hydrogen-bond donors (Lipinski definition) is 5. The first-order valence-corrected chi connectivity index (χ1v) is 46.4. The summed E-state index contributed by atoms with van der Waals surface area (Å²) in [6, 6.07) is 42.6. The Labute approximate surface area is 768 Å². The van der Waals surface area contributed by atoms with Crippen molar-refractivity contribution in [2.45, 2.75) is 160 Å². The Bertz CT molecular complexity index is 5040. The smallest absolute Gasteiger partial charge is 0.265 e. The van der Waals surface area contributed by atoms with Gasteiger partial charge in [-0.15, -0.1) is 0 Å². The number of hydrogen-bond acceptors (Lipinski definition) is 17. The predicted octanol–water partition coefficient (Wildman–Crippen LogP) is 18.4. The van der Waals surface area contributed by atoms with Crippen molar-refractivity contribution < 1.29 is 97.2 Å². The topological polar surface area (TPSA) is 164 Å². The molecule has 0 radical (unpaired) electrons. The van der Waals surface area contributed by atoms with E-state index in [1.54, 1.807) is 59.5 Å². The second-order valence-corrected chi connectivity index (χ2v) is 38.6. The van der Waals surface area contributed by atoms with Crippen molar-refractivity contribution in [1.82, 2.24) is 39.2 Å². The fourth-order valence-electron chi connectivity index (χ4n) is 20.1. The monoisotopic (exact) mass is 1850 g/mol. The molecule has 6 atom stereocenters. The van der Waals surface area contributed by atoms with E-state index in [4.69, 9.17) is 18.9 Å². The summed E-state index contributed by atoms with van der Waals surface area (Å²) in [6.45, 7) is 25.7. The Morgan fingerprint density at radius 2 is 0.841 bits per heavy atom. The van der Waals surface area contributed by atoms with Gasteiger partial charge >= 0.3 is 0 Å². The molecule has 16 rings (SSSR count). The van der Waals surface area contributed by atoms with Crippen LogP contribution in [0, 0.1) is 35.3 Å². The van der Waals surface area contributed by atoms with Crippen LogP contribution in [0.25, 0.3) is 0 Å². The van der Waals surface area contributed by atoms with Gasteiger partial charge in [-0.2, -0.15) is 0 Å². The van der Waals surface area contributed by atoms with E-state index in [2.05, 4.69) is 52.5 Å². The van der Waals surface area contributed by atoms with Gasteiger partial charge in [0.25, 0.3) is 18.3 Å².